The molecule has 3 heterocycles. The van der Waals surface area contributed by atoms with Crippen LogP contribution in [0.5, 0.6) is 5.75 Å². The maximum absolute atomic E-state index is 12.8. The summed E-state index contributed by atoms with van der Waals surface area (Å²) in [4.78, 5) is 14.1. The van der Waals surface area contributed by atoms with Gasteiger partial charge in [0.15, 0.2) is 5.82 Å². The number of hydrogen-bond acceptors (Lipinski definition) is 8. The maximum atomic E-state index is 12.8. The van der Waals surface area contributed by atoms with E-state index in [4.69, 9.17) is 16.3 Å². The van der Waals surface area contributed by atoms with E-state index in [0.717, 1.165) is 35.5 Å². The van der Waals surface area contributed by atoms with E-state index in [1.807, 2.05) is 30.3 Å². The van der Waals surface area contributed by atoms with Gasteiger partial charge in [-0.1, -0.05) is 30.2 Å². The highest BCUT2D eigenvalue weighted by Crippen LogP contribution is 2.39. The van der Waals surface area contributed by atoms with Crippen LogP contribution in [0.25, 0.3) is 0 Å². The lowest BCUT2D eigenvalue weighted by Crippen LogP contribution is -2.46. The minimum absolute atomic E-state index is 0.368. The molecule has 1 aromatic heterocycles. The molecule has 10 heteroatoms. The molecule has 0 unspecified atom stereocenters. The predicted molar refractivity (Wildman–Crippen MR) is 163 cm³/mol. The van der Waals surface area contributed by atoms with E-state index in [1.54, 1.807) is 26.6 Å². The Morgan fingerprint density at radius 2 is 1.72 bits per heavy atom. The number of halogens is 1. The normalized spacial score (nSPS) is 17.2. The molecule has 5 rings (SSSR count). The highest BCUT2D eigenvalue weighted by Gasteiger charge is 2.26. The first-order chi connectivity index (χ1) is 18.8. The van der Waals surface area contributed by atoms with Crippen molar-refractivity contribution in [1.82, 2.24) is 14.9 Å². The molecule has 8 nitrogen and oxygen atoms in total. The molecule has 2 N–H and O–H groups in total. The molecule has 0 amide bonds. The quantitative estimate of drug-likeness (QED) is 0.305. The van der Waals surface area contributed by atoms with Crippen molar-refractivity contribution < 1.29 is 9.30 Å². The zero-order chi connectivity index (χ0) is 27.4. The number of hydrogen-bond donors (Lipinski definition) is 2. The number of rotatable bonds is 8. The molecule has 0 spiro atoms. The molecule has 39 heavy (non-hydrogen) atoms. The Balaban J connectivity index is 1.29. The fourth-order valence-electron chi connectivity index (χ4n) is 5.56. The Hall–Kier alpha value is -2.80. The molecule has 0 bridgehead atoms. The number of ether oxygens (including phenoxy) is 1. The van der Waals surface area contributed by atoms with Crippen molar-refractivity contribution in [1.29, 1.82) is 0 Å². The molecule has 2 aromatic carbocycles. The number of nitrogens with zero attached hydrogens (tertiary/aromatic N) is 4. The van der Waals surface area contributed by atoms with E-state index in [2.05, 4.69) is 42.5 Å². The zero-order valence-electron chi connectivity index (χ0n) is 23.0. The SMILES string of the molecule is COc1cc(N2CCC(N3CCCCC3)CC2)ccc1Nc1ncc(Cl)c(Nc2ccccc2P(C)(C)=O)n1. The van der Waals surface area contributed by atoms with E-state index in [1.165, 1.54) is 45.2 Å². The van der Waals surface area contributed by atoms with Crippen molar-refractivity contribution in [3.05, 3.63) is 53.7 Å². The van der Waals surface area contributed by atoms with Gasteiger partial charge in [0, 0.05) is 36.2 Å². The molecular weight excluding hydrogens is 531 g/mol. The summed E-state index contributed by atoms with van der Waals surface area (Å²) in [5.74, 6) is 1.54. The number of likely N-dealkylation sites (tertiary alicyclic amines) is 1. The van der Waals surface area contributed by atoms with Crippen molar-refractivity contribution in [3.8, 4) is 5.75 Å². The second kappa shape index (κ2) is 12.2. The molecule has 208 valence electrons. The smallest absolute Gasteiger partial charge is 0.229 e. The second-order valence-corrected chi connectivity index (χ2v) is 14.3. The molecule has 2 fully saturated rings. The van der Waals surface area contributed by atoms with Crippen molar-refractivity contribution in [2.75, 3.05) is 62.2 Å². The summed E-state index contributed by atoms with van der Waals surface area (Å²) >= 11 is 6.42. The highest BCUT2D eigenvalue weighted by atomic mass is 35.5. The number of anilines is 5. The number of methoxy groups -OCH3 is 1. The van der Waals surface area contributed by atoms with E-state index in [9.17, 15) is 4.57 Å². The van der Waals surface area contributed by atoms with Crippen LogP contribution in [-0.4, -0.2) is 67.5 Å². The molecule has 0 radical (unpaired) electrons. The van der Waals surface area contributed by atoms with Crippen molar-refractivity contribution >= 4 is 52.9 Å². The Kier molecular flexibility index (Phi) is 8.65. The monoisotopic (exact) mass is 568 g/mol. The van der Waals surface area contributed by atoms with Gasteiger partial charge in [-0.2, -0.15) is 4.98 Å². The molecule has 0 atom stereocenters. The predicted octanol–water partition coefficient (Wildman–Crippen LogP) is 6.33. The van der Waals surface area contributed by atoms with Crippen LogP contribution in [0, 0.1) is 0 Å². The van der Waals surface area contributed by atoms with Gasteiger partial charge in [-0.05, 0) is 76.4 Å². The molecule has 2 aliphatic rings. The van der Waals surface area contributed by atoms with Crippen LogP contribution in [-0.2, 0) is 4.57 Å². The lowest BCUT2D eigenvalue weighted by molar-refractivity contribution is 0.141. The lowest BCUT2D eigenvalue weighted by Gasteiger charge is -2.41. The van der Waals surface area contributed by atoms with Crippen LogP contribution in [0.2, 0.25) is 5.02 Å². The first-order valence-electron chi connectivity index (χ1n) is 13.7. The third kappa shape index (κ3) is 6.68. The van der Waals surface area contributed by atoms with Crippen molar-refractivity contribution in [2.24, 2.45) is 0 Å². The Bertz CT molecular complexity index is 1340. The van der Waals surface area contributed by atoms with E-state index in [0.29, 0.717) is 28.5 Å². The lowest BCUT2D eigenvalue weighted by atomic mass is 9.99. The minimum Gasteiger partial charge on any atom is -0.494 e. The van der Waals surface area contributed by atoms with Crippen molar-refractivity contribution in [2.45, 2.75) is 38.1 Å². The highest BCUT2D eigenvalue weighted by molar-refractivity contribution is 7.70. The molecule has 2 aliphatic heterocycles. The third-order valence-corrected chi connectivity index (χ3v) is 9.48. The third-order valence-electron chi connectivity index (χ3n) is 7.65. The maximum Gasteiger partial charge on any atom is 0.229 e. The summed E-state index contributed by atoms with van der Waals surface area (Å²) < 4.78 is 18.5. The van der Waals surface area contributed by atoms with Gasteiger partial charge in [0.05, 0.1) is 24.7 Å². The summed E-state index contributed by atoms with van der Waals surface area (Å²) in [6.07, 6.45) is 8.01. The van der Waals surface area contributed by atoms with Gasteiger partial charge in [-0.3, -0.25) is 0 Å². The molecule has 3 aromatic rings. The average Bonchev–Trinajstić information content (AvgIpc) is 2.95. The number of nitrogens with one attached hydrogen (secondary N) is 2. The fourth-order valence-corrected chi connectivity index (χ4v) is 6.86. The number of piperidine rings is 2. The second-order valence-electron chi connectivity index (χ2n) is 10.7. The number of aromatic nitrogens is 2. The Morgan fingerprint density at radius 3 is 2.44 bits per heavy atom. The molecule has 0 saturated carbocycles. The molecule has 2 saturated heterocycles. The van der Waals surface area contributed by atoms with Gasteiger partial charge in [0.25, 0.3) is 0 Å². The fraction of sp³-hybridized carbons (Fsp3) is 0.448. The summed E-state index contributed by atoms with van der Waals surface area (Å²) in [7, 11) is -0.826. The summed E-state index contributed by atoms with van der Waals surface area (Å²) in [5, 5.41) is 7.63. The van der Waals surface area contributed by atoms with Gasteiger partial charge in [0.1, 0.15) is 17.9 Å². The van der Waals surface area contributed by atoms with Crippen LogP contribution in [0.4, 0.5) is 28.8 Å². The minimum atomic E-state index is -2.50. The van der Waals surface area contributed by atoms with Gasteiger partial charge in [-0.25, -0.2) is 4.98 Å². The summed E-state index contributed by atoms with van der Waals surface area (Å²) in [5.41, 5.74) is 2.64. The standard InChI is InChI=1S/C29H38ClN6O2P/c1-38-26-19-22(36-17-13-21(14-18-36)35-15-7-4-8-16-35)11-12-24(26)33-29-31-20-23(30)28(34-29)32-25-9-5-6-10-27(25)39(2,3)37/h5-6,9-12,19-21H,4,7-8,13-18H2,1-3H3,(H2,31,32,33,34). The van der Waals surface area contributed by atoms with Crippen LogP contribution in [0.1, 0.15) is 32.1 Å². The van der Waals surface area contributed by atoms with Gasteiger partial charge < -0.3 is 29.7 Å². The number of para-hydroxylation sites is 1. The Morgan fingerprint density at radius 1 is 0.974 bits per heavy atom. The first-order valence-corrected chi connectivity index (χ1v) is 16.7. The molecular formula is C29H38ClN6O2P. The zero-order valence-corrected chi connectivity index (χ0v) is 24.6. The van der Waals surface area contributed by atoms with Gasteiger partial charge >= 0.3 is 0 Å². The van der Waals surface area contributed by atoms with E-state index < -0.39 is 7.14 Å². The van der Waals surface area contributed by atoms with E-state index >= 15 is 0 Å². The van der Waals surface area contributed by atoms with Gasteiger partial charge in [0.2, 0.25) is 5.95 Å². The van der Waals surface area contributed by atoms with E-state index in [-0.39, 0.29) is 0 Å². The van der Waals surface area contributed by atoms with Crippen LogP contribution in [0.3, 0.4) is 0 Å². The topological polar surface area (TPSA) is 82.6 Å². The molecule has 0 aliphatic carbocycles. The summed E-state index contributed by atoms with van der Waals surface area (Å²) in [6.45, 7) is 8.11. The largest absolute Gasteiger partial charge is 0.494 e. The van der Waals surface area contributed by atoms with Crippen LogP contribution < -0.4 is 25.6 Å². The first kappa shape index (κ1) is 27.8. The van der Waals surface area contributed by atoms with Crippen LogP contribution >= 0.6 is 18.7 Å². The van der Waals surface area contributed by atoms with Gasteiger partial charge in [-0.15, -0.1) is 0 Å². The van der Waals surface area contributed by atoms with Crippen molar-refractivity contribution in [3.63, 3.8) is 0 Å². The number of benzene rings is 2. The average molecular weight is 569 g/mol. The summed E-state index contributed by atoms with van der Waals surface area (Å²) in [6, 6.07) is 14.4. The van der Waals surface area contributed by atoms with Crippen LogP contribution in [0.15, 0.2) is 48.7 Å². The Labute approximate surface area is 236 Å².